The molecule has 0 amide bonds. The maximum Gasteiger partial charge on any atom is 0.306 e. The summed E-state index contributed by atoms with van der Waals surface area (Å²) in [6, 6.07) is -0.0967. The summed E-state index contributed by atoms with van der Waals surface area (Å²) in [6.45, 7) is 6.04. The van der Waals surface area contributed by atoms with E-state index in [1.54, 1.807) is 0 Å². The van der Waals surface area contributed by atoms with Crippen molar-refractivity contribution in [3.05, 3.63) is 0 Å². The van der Waals surface area contributed by atoms with E-state index in [1.807, 2.05) is 20.8 Å². The number of sulfonamides is 1. The summed E-state index contributed by atoms with van der Waals surface area (Å²) >= 11 is 0. The first-order valence-electron chi connectivity index (χ1n) is 6.82. The molecule has 5 nitrogen and oxygen atoms in total. The SMILES string of the molecule is CC(C)(C)CCS(=O)(=O)NC1CCC(C(=O)O)CC1. The number of hydrogen-bond acceptors (Lipinski definition) is 3. The molecule has 1 saturated carbocycles. The predicted octanol–water partition coefficient (Wildman–Crippen LogP) is 1.99. The first-order chi connectivity index (χ1) is 8.59. The zero-order chi connectivity index (χ0) is 14.7. The second-order valence-corrected chi connectivity index (χ2v) is 8.51. The van der Waals surface area contributed by atoms with Crippen LogP contribution in [0, 0.1) is 11.3 Å². The molecule has 112 valence electrons. The third-order valence-corrected chi connectivity index (χ3v) is 4.98. The Morgan fingerprint density at radius 1 is 1.21 bits per heavy atom. The van der Waals surface area contributed by atoms with Crippen molar-refractivity contribution in [3.63, 3.8) is 0 Å². The monoisotopic (exact) mass is 291 g/mol. The van der Waals surface area contributed by atoms with Crippen LogP contribution in [-0.2, 0) is 14.8 Å². The van der Waals surface area contributed by atoms with Gasteiger partial charge in [0.2, 0.25) is 10.0 Å². The summed E-state index contributed by atoms with van der Waals surface area (Å²) in [7, 11) is -3.25. The zero-order valence-corrected chi connectivity index (χ0v) is 12.8. The van der Waals surface area contributed by atoms with Crippen LogP contribution in [0.5, 0.6) is 0 Å². The number of nitrogens with one attached hydrogen (secondary N) is 1. The third-order valence-electron chi connectivity index (χ3n) is 3.54. The molecular weight excluding hydrogens is 266 g/mol. The van der Waals surface area contributed by atoms with E-state index in [0.29, 0.717) is 32.1 Å². The Hall–Kier alpha value is -0.620. The smallest absolute Gasteiger partial charge is 0.306 e. The van der Waals surface area contributed by atoms with Crippen molar-refractivity contribution in [2.24, 2.45) is 11.3 Å². The number of hydrogen-bond donors (Lipinski definition) is 2. The van der Waals surface area contributed by atoms with E-state index in [9.17, 15) is 13.2 Å². The van der Waals surface area contributed by atoms with Gasteiger partial charge in [0, 0.05) is 6.04 Å². The largest absolute Gasteiger partial charge is 0.481 e. The van der Waals surface area contributed by atoms with Gasteiger partial charge >= 0.3 is 5.97 Å². The van der Waals surface area contributed by atoms with E-state index in [0.717, 1.165) is 0 Å². The fourth-order valence-corrected chi connectivity index (χ4v) is 3.95. The lowest BCUT2D eigenvalue weighted by molar-refractivity contribution is -0.142. The fraction of sp³-hybridized carbons (Fsp3) is 0.923. The molecule has 6 heteroatoms. The highest BCUT2D eigenvalue weighted by molar-refractivity contribution is 7.89. The van der Waals surface area contributed by atoms with Crippen molar-refractivity contribution in [3.8, 4) is 0 Å². The van der Waals surface area contributed by atoms with E-state index in [-0.39, 0.29) is 23.1 Å². The van der Waals surface area contributed by atoms with Gasteiger partial charge in [-0.1, -0.05) is 20.8 Å². The maximum absolute atomic E-state index is 11.9. The Labute approximate surface area is 115 Å². The molecule has 19 heavy (non-hydrogen) atoms. The molecule has 1 rings (SSSR count). The predicted molar refractivity (Wildman–Crippen MR) is 74.4 cm³/mol. The molecule has 0 unspecified atom stereocenters. The molecule has 0 atom stereocenters. The summed E-state index contributed by atoms with van der Waals surface area (Å²) in [4.78, 5) is 10.8. The minimum absolute atomic E-state index is 0.00425. The van der Waals surface area contributed by atoms with Crippen LogP contribution < -0.4 is 4.72 Å². The number of aliphatic carboxylic acids is 1. The lowest BCUT2D eigenvalue weighted by atomic mass is 9.87. The number of carboxylic acids is 1. The molecule has 0 aliphatic heterocycles. The quantitative estimate of drug-likeness (QED) is 0.811. The second-order valence-electron chi connectivity index (χ2n) is 6.63. The summed E-state index contributed by atoms with van der Waals surface area (Å²) < 4.78 is 26.6. The molecule has 0 radical (unpaired) electrons. The van der Waals surface area contributed by atoms with Gasteiger partial charge in [-0.05, 0) is 37.5 Å². The molecule has 0 aromatic rings. The molecule has 1 fully saturated rings. The average molecular weight is 291 g/mol. The van der Waals surface area contributed by atoms with Gasteiger partial charge in [-0.15, -0.1) is 0 Å². The van der Waals surface area contributed by atoms with Crippen LogP contribution in [0.25, 0.3) is 0 Å². The van der Waals surface area contributed by atoms with Crippen LogP contribution in [-0.4, -0.2) is 31.3 Å². The lowest BCUT2D eigenvalue weighted by Crippen LogP contribution is -2.40. The van der Waals surface area contributed by atoms with Crippen molar-refractivity contribution >= 4 is 16.0 Å². The van der Waals surface area contributed by atoms with Gasteiger partial charge in [0.25, 0.3) is 0 Å². The molecule has 2 N–H and O–H groups in total. The van der Waals surface area contributed by atoms with Crippen molar-refractivity contribution in [2.45, 2.75) is 58.9 Å². The molecular formula is C13H25NO4S. The van der Waals surface area contributed by atoms with Crippen LogP contribution in [0.15, 0.2) is 0 Å². The van der Waals surface area contributed by atoms with Gasteiger partial charge in [-0.2, -0.15) is 0 Å². The Kier molecular flexibility index (Phi) is 5.38. The van der Waals surface area contributed by atoms with Crippen molar-refractivity contribution in [1.82, 2.24) is 4.72 Å². The standard InChI is InChI=1S/C13H25NO4S/c1-13(2,3)8-9-19(17,18)14-11-6-4-10(5-7-11)12(15)16/h10-11,14H,4-9H2,1-3H3,(H,15,16). The van der Waals surface area contributed by atoms with Gasteiger partial charge in [-0.3, -0.25) is 4.79 Å². The summed E-state index contributed by atoms with van der Waals surface area (Å²) in [5.41, 5.74) is -0.00425. The van der Waals surface area contributed by atoms with E-state index < -0.39 is 16.0 Å². The molecule has 0 spiro atoms. The first-order valence-corrected chi connectivity index (χ1v) is 8.47. The maximum atomic E-state index is 11.9. The molecule has 0 saturated heterocycles. The lowest BCUT2D eigenvalue weighted by Gasteiger charge is -2.27. The van der Waals surface area contributed by atoms with Crippen LogP contribution in [0.1, 0.15) is 52.9 Å². The highest BCUT2D eigenvalue weighted by Gasteiger charge is 2.28. The normalized spacial score (nSPS) is 25.2. The highest BCUT2D eigenvalue weighted by Crippen LogP contribution is 2.25. The molecule has 0 bridgehead atoms. The second kappa shape index (κ2) is 6.22. The van der Waals surface area contributed by atoms with Gasteiger partial charge in [0.15, 0.2) is 0 Å². The minimum Gasteiger partial charge on any atom is -0.481 e. The Bertz CT molecular complexity index is 403. The van der Waals surface area contributed by atoms with Gasteiger partial charge in [0.05, 0.1) is 11.7 Å². The molecule has 1 aliphatic carbocycles. The Balaban J connectivity index is 2.41. The summed E-state index contributed by atoms with van der Waals surface area (Å²) in [5, 5.41) is 8.89. The van der Waals surface area contributed by atoms with Gasteiger partial charge in [0.1, 0.15) is 0 Å². The minimum atomic E-state index is -3.25. The molecule has 0 heterocycles. The van der Waals surface area contributed by atoms with Gasteiger partial charge < -0.3 is 5.11 Å². The van der Waals surface area contributed by atoms with E-state index in [2.05, 4.69) is 4.72 Å². The van der Waals surface area contributed by atoms with Crippen molar-refractivity contribution in [2.75, 3.05) is 5.75 Å². The van der Waals surface area contributed by atoms with Crippen LogP contribution >= 0.6 is 0 Å². The van der Waals surface area contributed by atoms with E-state index >= 15 is 0 Å². The Morgan fingerprint density at radius 3 is 2.16 bits per heavy atom. The Morgan fingerprint density at radius 2 is 1.74 bits per heavy atom. The average Bonchev–Trinajstić information content (AvgIpc) is 2.26. The topological polar surface area (TPSA) is 83.5 Å². The zero-order valence-electron chi connectivity index (χ0n) is 12.0. The van der Waals surface area contributed by atoms with Crippen molar-refractivity contribution in [1.29, 1.82) is 0 Å². The molecule has 1 aliphatic rings. The highest BCUT2D eigenvalue weighted by atomic mass is 32.2. The number of carbonyl (C=O) groups is 1. The van der Waals surface area contributed by atoms with Crippen LogP contribution in [0.3, 0.4) is 0 Å². The number of carboxylic acid groups (broad SMARTS) is 1. The van der Waals surface area contributed by atoms with E-state index in [1.165, 1.54) is 0 Å². The summed E-state index contributed by atoms with van der Waals surface area (Å²) in [5.74, 6) is -0.945. The van der Waals surface area contributed by atoms with Gasteiger partial charge in [-0.25, -0.2) is 13.1 Å². The third kappa shape index (κ3) is 6.38. The summed E-state index contributed by atoms with van der Waals surface area (Å²) in [6.07, 6.45) is 2.97. The fourth-order valence-electron chi connectivity index (χ4n) is 2.21. The van der Waals surface area contributed by atoms with Crippen LogP contribution in [0.4, 0.5) is 0 Å². The molecule has 0 aromatic heterocycles. The number of rotatable bonds is 5. The van der Waals surface area contributed by atoms with E-state index in [4.69, 9.17) is 5.11 Å². The van der Waals surface area contributed by atoms with Crippen molar-refractivity contribution < 1.29 is 18.3 Å². The molecule has 0 aromatic carbocycles. The first kappa shape index (κ1) is 16.4. The van der Waals surface area contributed by atoms with Crippen LogP contribution in [0.2, 0.25) is 0 Å².